The Kier molecular flexibility index (Phi) is 12.1. The number of hydrogen-bond donors (Lipinski definition) is 2. The van der Waals surface area contributed by atoms with Crippen LogP contribution in [0.4, 0.5) is 4.39 Å². The number of nitrogens with one attached hydrogen (secondary N) is 2. The van der Waals surface area contributed by atoms with Crippen molar-refractivity contribution in [3.8, 4) is 11.1 Å². The number of benzene rings is 3. The van der Waals surface area contributed by atoms with E-state index in [1.807, 2.05) is 36.4 Å². The summed E-state index contributed by atoms with van der Waals surface area (Å²) >= 11 is 0. The van der Waals surface area contributed by atoms with Crippen LogP contribution in [-0.2, 0) is 19.6 Å². The number of carbonyl (C=O) groups excluding carboxylic acids is 1. The molecule has 2 fully saturated rings. The molecule has 0 unspecified atom stereocenters. The largest absolute Gasteiger partial charge is 1.00 e. The van der Waals surface area contributed by atoms with Gasteiger partial charge in [-0.3, -0.25) is 14.6 Å². The first-order valence-corrected chi connectivity index (χ1v) is 15.6. The van der Waals surface area contributed by atoms with Gasteiger partial charge in [0, 0.05) is 69.5 Å². The van der Waals surface area contributed by atoms with Crippen LogP contribution in [0.3, 0.4) is 0 Å². The van der Waals surface area contributed by atoms with Gasteiger partial charge in [0.25, 0.3) is 5.91 Å². The highest BCUT2D eigenvalue weighted by Crippen LogP contribution is 2.26. The summed E-state index contributed by atoms with van der Waals surface area (Å²) in [5.74, 6) is -0.363. The lowest BCUT2D eigenvalue weighted by Crippen LogP contribution is -3.00. The number of nitrogens with zero attached hydrogens (tertiary/aromatic N) is 3. The van der Waals surface area contributed by atoms with Crippen molar-refractivity contribution in [3.63, 3.8) is 0 Å². The monoisotopic (exact) mass is 699 g/mol. The molecule has 0 aliphatic carbocycles. The highest BCUT2D eigenvalue weighted by atomic mass is 127. The minimum atomic E-state index is -0.253. The van der Waals surface area contributed by atoms with E-state index in [1.165, 1.54) is 37.7 Å². The lowest BCUT2D eigenvalue weighted by molar-refractivity contribution is -0.913. The third kappa shape index (κ3) is 9.31. The fourth-order valence-electron chi connectivity index (χ4n) is 6.42. The molecule has 2 heterocycles. The van der Waals surface area contributed by atoms with Crippen LogP contribution in [-0.4, -0.2) is 85.6 Å². The summed E-state index contributed by atoms with van der Waals surface area (Å²) in [7, 11) is 2.36. The van der Waals surface area contributed by atoms with Crippen LogP contribution in [0, 0.1) is 5.82 Å². The fourth-order valence-corrected chi connectivity index (χ4v) is 6.42. The third-order valence-electron chi connectivity index (χ3n) is 8.85. The van der Waals surface area contributed by atoms with E-state index >= 15 is 0 Å². The summed E-state index contributed by atoms with van der Waals surface area (Å²) in [4.78, 5) is 18.0. The fraction of sp³-hybridized carbons (Fsp3) is 0.457. The lowest BCUT2D eigenvalue weighted by atomic mass is 10.00. The van der Waals surface area contributed by atoms with Crippen LogP contribution >= 0.6 is 0 Å². The number of likely N-dealkylation sites (N-methyl/N-ethyl adjacent to an activating group) is 1. The minimum Gasteiger partial charge on any atom is -1.00 e. The van der Waals surface area contributed by atoms with E-state index in [1.54, 1.807) is 6.07 Å². The standard InChI is InChI=1S/C35H46FN5O.HI/c1-4-17-41(3)18-15-39(16-19-41)25-30-8-6-10-32(21-30)35(42)38-23-28-11-12-34(36)33(22-28)31-9-5-7-29(20-31)26-40-14-13-37-27(2)24-40;/h5-12,20-22,27,37H,4,13-19,23-26H2,1-3H3;1H/t27-;/m0./s1. The molecule has 0 spiro atoms. The second-order valence-electron chi connectivity index (χ2n) is 12.6. The first kappa shape index (κ1) is 33.5. The zero-order chi connectivity index (χ0) is 29.5. The molecule has 43 heavy (non-hydrogen) atoms. The molecule has 0 saturated carbocycles. The molecule has 2 aliphatic heterocycles. The van der Waals surface area contributed by atoms with Gasteiger partial charge in [0.2, 0.25) is 0 Å². The van der Waals surface area contributed by atoms with Crippen molar-refractivity contribution in [1.29, 1.82) is 0 Å². The SMILES string of the molecule is CCC[N+]1(C)CCN(Cc2cccc(C(=O)NCc3ccc(F)c(-c4cccc(CN5CCN[C@@H](C)C5)c4)c3)c2)CC1.[I-]. The molecule has 2 N–H and O–H groups in total. The molecular formula is C35H47FIN5O. The molecule has 2 aliphatic rings. The Hall–Kier alpha value is -2.37. The van der Waals surface area contributed by atoms with Gasteiger partial charge in [-0.15, -0.1) is 0 Å². The van der Waals surface area contributed by atoms with Crippen LogP contribution in [0.5, 0.6) is 0 Å². The molecule has 2 saturated heterocycles. The normalized spacial score (nSPS) is 19.0. The van der Waals surface area contributed by atoms with Gasteiger partial charge >= 0.3 is 0 Å². The second-order valence-corrected chi connectivity index (χ2v) is 12.6. The summed E-state index contributed by atoms with van der Waals surface area (Å²) < 4.78 is 16.1. The van der Waals surface area contributed by atoms with Crippen LogP contribution < -0.4 is 34.6 Å². The molecule has 6 nitrogen and oxygen atoms in total. The van der Waals surface area contributed by atoms with Gasteiger partial charge in [-0.1, -0.05) is 43.3 Å². The van der Waals surface area contributed by atoms with Crippen molar-refractivity contribution < 1.29 is 37.6 Å². The van der Waals surface area contributed by atoms with E-state index < -0.39 is 0 Å². The zero-order valence-corrected chi connectivity index (χ0v) is 28.1. The van der Waals surface area contributed by atoms with E-state index in [9.17, 15) is 9.18 Å². The number of halogens is 2. The zero-order valence-electron chi connectivity index (χ0n) is 25.9. The van der Waals surface area contributed by atoms with E-state index in [2.05, 4.69) is 59.5 Å². The van der Waals surface area contributed by atoms with Gasteiger partial charge in [0.1, 0.15) is 5.82 Å². The maximum atomic E-state index is 15.0. The summed E-state index contributed by atoms with van der Waals surface area (Å²) in [6, 6.07) is 21.7. The summed E-state index contributed by atoms with van der Waals surface area (Å²) in [6.07, 6.45) is 1.22. The van der Waals surface area contributed by atoms with Gasteiger partial charge in [0.15, 0.2) is 0 Å². The maximum absolute atomic E-state index is 15.0. The molecule has 1 atom stereocenters. The summed E-state index contributed by atoms with van der Waals surface area (Å²) in [6.45, 7) is 15.3. The molecule has 3 aromatic rings. The van der Waals surface area contributed by atoms with Crippen LogP contribution in [0.25, 0.3) is 11.1 Å². The first-order valence-electron chi connectivity index (χ1n) is 15.6. The van der Waals surface area contributed by atoms with Gasteiger partial charge in [-0.05, 0) is 65.9 Å². The average molecular weight is 700 g/mol. The number of quaternary nitrogens is 1. The third-order valence-corrected chi connectivity index (χ3v) is 8.85. The van der Waals surface area contributed by atoms with Crippen LogP contribution in [0.2, 0.25) is 0 Å². The first-order chi connectivity index (χ1) is 20.3. The Morgan fingerprint density at radius 1 is 0.953 bits per heavy atom. The molecule has 0 bridgehead atoms. The lowest BCUT2D eigenvalue weighted by Gasteiger charge is -2.42. The van der Waals surface area contributed by atoms with Crippen molar-refractivity contribution in [2.45, 2.75) is 45.9 Å². The van der Waals surface area contributed by atoms with Crippen molar-refractivity contribution in [1.82, 2.24) is 20.4 Å². The number of rotatable bonds is 10. The summed E-state index contributed by atoms with van der Waals surface area (Å²) in [5, 5.41) is 6.53. The summed E-state index contributed by atoms with van der Waals surface area (Å²) in [5.41, 5.74) is 5.30. The molecule has 0 radical (unpaired) electrons. The van der Waals surface area contributed by atoms with Crippen LogP contribution in [0.1, 0.15) is 47.3 Å². The van der Waals surface area contributed by atoms with Gasteiger partial charge in [-0.25, -0.2) is 4.39 Å². The van der Waals surface area contributed by atoms with Crippen molar-refractivity contribution in [2.24, 2.45) is 0 Å². The van der Waals surface area contributed by atoms with Gasteiger partial charge in [-0.2, -0.15) is 0 Å². The van der Waals surface area contributed by atoms with Crippen molar-refractivity contribution in [2.75, 3.05) is 59.4 Å². The Morgan fingerprint density at radius 2 is 1.67 bits per heavy atom. The molecular weight excluding hydrogens is 652 g/mol. The smallest absolute Gasteiger partial charge is 0.251 e. The second kappa shape index (κ2) is 15.6. The Balaban J connectivity index is 0.00000423. The average Bonchev–Trinajstić information content (AvgIpc) is 2.98. The predicted molar refractivity (Wildman–Crippen MR) is 169 cm³/mol. The van der Waals surface area contributed by atoms with Gasteiger partial charge < -0.3 is 39.1 Å². The molecule has 3 aromatic carbocycles. The topological polar surface area (TPSA) is 47.6 Å². The number of piperazine rings is 2. The molecule has 5 rings (SSSR count). The molecule has 8 heteroatoms. The van der Waals surface area contributed by atoms with E-state index in [0.717, 1.165) is 67.0 Å². The highest BCUT2D eigenvalue weighted by molar-refractivity contribution is 5.94. The van der Waals surface area contributed by atoms with E-state index in [4.69, 9.17) is 0 Å². The van der Waals surface area contributed by atoms with Crippen LogP contribution in [0.15, 0.2) is 66.7 Å². The quantitative estimate of drug-likeness (QED) is 0.251. The van der Waals surface area contributed by atoms with Crippen molar-refractivity contribution >= 4 is 5.91 Å². The molecule has 0 aromatic heterocycles. The molecule has 232 valence electrons. The van der Waals surface area contributed by atoms with E-state index in [0.29, 0.717) is 23.7 Å². The highest BCUT2D eigenvalue weighted by Gasteiger charge is 2.27. The number of carbonyl (C=O) groups is 1. The molecule has 1 amide bonds. The Bertz CT molecular complexity index is 1360. The van der Waals surface area contributed by atoms with Crippen molar-refractivity contribution in [3.05, 3.63) is 94.8 Å². The maximum Gasteiger partial charge on any atom is 0.251 e. The van der Waals surface area contributed by atoms with E-state index in [-0.39, 0.29) is 35.7 Å². The Morgan fingerprint density at radius 3 is 2.42 bits per heavy atom. The van der Waals surface area contributed by atoms with Gasteiger partial charge in [0.05, 0.1) is 26.7 Å². The number of hydrogen-bond acceptors (Lipinski definition) is 4. The predicted octanol–water partition coefficient (Wildman–Crippen LogP) is 1.89. The number of amides is 1. The Labute approximate surface area is 274 Å². The minimum absolute atomic E-state index is 0.